The summed E-state index contributed by atoms with van der Waals surface area (Å²) in [6, 6.07) is 0. The molecule has 3 heteroatoms. The van der Waals surface area contributed by atoms with Gasteiger partial charge < -0.3 is 22.0 Å². The van der Waals surface area contributed by atoms with Crippen LogP contribution in [0.15, 0.2) is 12.7 Å². The van der Waals surface area contributed by atoms with E-state index in [4.69, 9.17) is 5.11 Å². The van der Waals surface area contributed by atoms with Crippen LogP contribution in [-0.2, 0) is 0 Å². The molecule has 70 valence electrons. The van der Waals surface area contributed by atoms with Gasteiger partial charge in [0.25, 0.3) is 0 Å². The first-order valence-corrected chi connectivity index (χ1v) is 3.50. The van der Waals surface area contributed by atoms with Gasteiger partial charge in [0.05, 0.1) is 27.7 Å². The number of likely N-dealkylation sites (N-methyl/N-ethyl adjacent to an activating group) is 1. The molecular weight excluding hydrogens is 162 g/mol. The van der Waals surface area contributed by atoms with Crippen molar-refractivity contribution in [1.82, 2.24) is 0 Å². The van der Waals surface area contributed by atoms with Crippen molar-refractivity contribution in [2.45, 2.75) is 6.92 Å². The lowest BCUT2D eigenvalue weighted by atomic mass is 10.5. The van der Waals surface area contributed by atoms with Gasteiger partial charge in [-0.1, -0.05) is 6.58 Å². The van der Waals surface area contributed by atoms with Gasteiger partial charge in [0.2, 0.25) is 0 Å². The van der Waals surface area contributed by atoms with E-state index in [9.17, 15) is 0 Å². The van der Waals surface area contributed by atoms with Crippen LogP contribution >= 0.6 is 0 Å². The number of halogens is 1. The Labute approximate surface area is 76.5 Å². The lowest BCUT2D eigenvalue weighted by Gasteiger charge is -2.21. The van der Waals surface area contributed by atoms with E-state index in [1.807, 2.05) is 6.08 Å². The fourth-order valence-corrected chi connectivity index (χ4v) is 0.387. The highest BCUT2D eigenvalue weighted by molar-refractivity contribution is 4.63. The minimum atomic E-state index is 0. The number of hydrogen-bond acceptors (Lipinski definition) is 1. The zero-order valence-corrected chi connectivity index (χ0v) is 8.73. The molecule has 0 aliphatic carbocycles. The summed E-state index contributed by atoms with van der Waals surface area (Å²) in [6.07, 6.45) is 1.93. The standard InChI is InChI=1S/C6H14N.C2H6O.ClH/c1-5-6-7(2,3)4;1-2-3;/h5H,1,6H2,2-4H3;3H,2H2,1H3;1H/q+1;;/p-1. The molecule has 0 aromatic carbocycles. The van der Waals surface area contributed by atoms with E-state index in [-0.39, 0.29) is 19.0 Å². The quantitative estimate of drug-likeness (QED) is 0.382. The highest BCUT2D eigenvalue weighted by Gasteiger charge is 1.99. The monoisotopic (exact) mass is 181 g/mol. The molecule has 0 unspecified atom stereocenters. The van der Waals surface area contributed by atoms with Gasteiger partial charge in [-0.3, -0.25) is 0 Å². The van der Waals surface area contributed by atoms with E-state index in [1.54, 1.807) is 6.92 Å². The van der Waals surface area contributed by atoms with Gasteiger partial charge in [-0.25, -0.2) is 0 Å². The molecule has 0 fully saturated rings. The van der Waals surface area contributed by atoms with Crippen molar-refractivity contribution in [2.75, 3.05) is 34.3 Å². The molecule has 0 radical (unpaired) electrons. The first kappa shape index (κ1) is 17.2. The third kappa shape index (κ3) is 40.3. The molecule has 1 N–H and O–H groups in total. The Morgan fingerprint density at radius 3 is 1.64 bits per heavy atom. The molecular formula is C8H20ClNO. The normalized spacial score (nSPS) is 8.82. The van der Waals surface area contributed by atoms with Crippen LogP contribution in [0.3, 0.4) is 0 Å². The largest absolute Gasteiger partial charge is 1.00 e. The number of aliphatic hydroxyl groups is 1. The Hall–Kier alpha value is -0.0500. The number of nitrogens with zero attached hydrogens (tertiary/aromatic N) is 1. The van der Waals surface area contributed by atoms with Gasteiger partial charge in [-0.2, -0.15) is 0 Å². The SMILES string of the molecule is C=CC[N+](C)(C)C.CCO.[Cl-]. The zero-order valence-electron chi connectivity index (χ0n) is 7.97. The first-order valence-electron chi connectivity index (χ1n) is 3.50. The van der Waals surface area contributed by atoms with Crippen molar-refractivity contribution in [2.24, 2.45) is 0 Å². The van der Waals surface area contributed by atoms with E-state index in [0.717, 1.165) is 11.0 Å². The zero-order chi connectivity index (χ0) is 8.62. The topological polar surface area (TPSA) is 20.2 Å². The van der Waals surface area contributed by atoms with Gasteiger partial charge in [-0.15, -0.1) is 0 Å². The average Bonchev–Trinajstić information content (AvgIpc) is 1.63. The number of rotatable bonds is 2. The minimum absolute atomic E-state index is 0. The summed E-state index contributed by atoms with van der Waals surface area (Å²) in [7, 11) is 6.42. The number of aliphatic hydroxyl groups excluding tert-OH is 1. The van der Waals surface area contributed by atoms with Crippen molar-refractivity contribution in [3.63, 3.8) is 0 Å². The van der Waals surface area contributed by atoms with Crippen LogP contribution in [-0.4, -0.2) is 43.9 Å². The molecule has 0 amide bonds. The average molecular weight is 182 g/mol. The Bertz CT molecular complexity index is 78.7. The molecule has 0 aromatic rings. The van der Waals surface area contributed by atoms with Gasteiger partial charge in [0.15, 0.2) is 0 Å². The Morgan fingerprint density at radius 2 is 1.64 bits per heavy atom. The summed E-state index contributed by atoms with van der Waals surface area (Å²) in [5, 5.41) is 7.57. The molecule has 0 aromatic heterocycles. The lowest BCUT2D eigenvalue weighted by molar-refractivity contribution is -0.864. The fourth-order valence-electron chi connectivity index (χ4n) is 0.387. The smallest absolute Gasteiger partial charge is 0.0964 e. The second-order valence-corrected chi connectivity index (χ2v) is 3.08. The molecule has 11 heavy (non-hydrogen) atoms. The molecule has 0 heterocycles. The van der Waals surface area contributed by atoms with E-state index in [0.29, 0.717) is 0 Å². The van der Waals surface area contributed by atoms with Gasteiger partial charge in [0.1, 0.15) is 0 Å². The van der Waals surface area contributed by atoms with E-state index in [1.165, 1.54) is 0 Å². The molecule has 0 aliphatic rings. The summed E-state index contributed by atoms with van der Waals surface area (Å²) in [5.74, 6) is 0. The maximum atomic E-state index is 7.57. The predicted octanol–water partition coefficient (Wildman–Crippen LogP) is -2.12. The van der Waals surface area contributed by atoms with Gasteiger partial charge in [0, 0.05) is 6.61 Å². The maximum Gasteiger partial charge on any atom is 0.0964 e. The Balaban J connectivity index is -0.000000140. The summed E-state index contributed by atoms with van der Waals surface area (Å²) in [6.45, 7) is 6.60. The van der Waals surface area contributed by atoms with E-state index < -0.39 is 0 Å². The summed E-state index contributed by atoms with van der Waals surface area (Å²) >= 11 is 0. The molecule has 0 aliphatic heterocycles. The van der Waals surface area contributed by atoms with Gasteiger partial charge in [-0.05, 0) is 13.0 Å². The Morgan fingerprint density at radius 1 is 1.36 bits per heavy atom. The second-order valence-electron chi connectivity index (χ2n) is 3.08. The summed E-state index contributed by atoms with van der Waals surface area (Å²) in [5.41, 5.74) is 0. The molecule has 0 bridgehead atoms. The molecule has 2 nitrogen and oxygen atoms in total. The third-order valence-electron chi connectivity index (χ3n) is 0.677. The fraction of sp³-hybridized carbons (Fsp3) is 0.750. The van der Waals surface area contributed by atoms with Crippen molar-refractivity contribution >= 4 is 0 Å². The van der Waals surface area contributed by atoms with Crippen LogP contribution in [0.25, 0.3) is 0 Å². The molecule has 0 atom stereocenters. The molecule has 0 spiro atoms. The lowest BCUT2D eigenvalue weighted by Crippen LogP contribution is -3.00. The summed E-state index contributed by atoms with van der Waals surface area (Å²) < 4.78 is 0.976. The third-order valence-corrected chi connectivity index (χ3v) is 0.677. The van der Waals surface area contributed by atoms with E-state index in [2.05, 4.69) is 27.7 Å². The molecule has 0 rings (SSSR count). The van der Waals surface area contributed by atoms with Crippen molar-refractivity contribution in [1.29, 1.82) is 0 Å². The first-order chi connectivity index (χ1) is 4.47. The van der Waals surface area contributed by atoms with Crippen LogP contribution in [0.2, 0.25) is 0 Å². The minimum Gasteiger partial charge on any atom is -1.00 e. The van der Waals surface area contributed by atoms with Crippen molar-refractivity contribution in [3.05, 3.63) is 12.7 Å². The molecule has 0 saturated heterocycles. The van der Waals surface area contributed by atoms with Crippen molar-refractivity contribution < 1.29 is 22.0 Å². The second kappa shape index (κ2) is 9.95. The summed E-state index contributed by atoms with van der Waals surface area (Å²) in [4.78, 5) is 0. The van der Waals surface area contributed by atoms with Crippen molar-refractivity contribution in [3.8, 4) is 0 Å². The highest BCUT2D eigenvalue weighted by Crippen LogP contribution is 1.86. The van der Waals surface area contributed by atoms with Crippen LogP contribution < -0.4 is 12.4 Å². The van der Waals surface area contributed by atoms with Crippen LogP contribution in [0.1, 0.15) is 6.92 Å². The highest BCUT2D eigenvalue weighted by atomic mass is 35.5. The Kier molecular flexibility index (Phi) is 15.5. The van der Waals surface area contributed by atoms with Crippen LogP contribution in [0.5, 0.6) is 0 Å². The van der Waals surface area contributed by atoms with Crippen LogP contribution in [0.4, 0.5) is 0 Å². The van der Waals surface area contributed by atoms with Crippen LogP contribution in [0, 0.1) is 0 Å². The maximum absolute atomic E-state index is 7.57. The predicted molar refractivity (Wildman–Crippen MR) is 45.9 cm³/mol. The molecule has 0 saturated carbocycles. The van der Waals surface area contributed by atoms with Gasteiger partial charge >= 0.3 is 0 Å². The van der Waals surface area contributed by atoms with E-state index >= 15 is 0 Å². The number of quaternary nitrogens is 1. The number of hydrogen-bond donors (Lipinski definition) is 1.